The Bertz CT molecular complexity index is 389. The minimum Gasteiger partial charge on any atom is -0.480 e. The maximum atomic E-state index is 11.4. The van der Waals surface area contributed by atoms with Crippen molar-refractivity contribution in [3.63, 3.8) is 0 Å². The lowest BCUT2D eigenvalue weighted by atomic mass is 10.5. The summed E-state index contributed by atoms with van der Waals surface area (Å²) in [5.74, 6) is -0.464. The number of nitrogens with one attached hydrogen (secondary N) is 1. The summed E-state index contributed by atoms with van der Waals surface area (Å²) in [5.41, 5.74) is 0. The third-order valence-corrected chi connectivity index (χ3v) is 1.92. The molecule has 0 unspecified atom stereocenters. The van der Waals surface area contributed by atoms with E-state index in [4.69, 9.17) is 5.11 Å². The van der Waals surface area contributed by atoms with Crippen LogP contribution in [-0.4, -0.2) is 50.4 Å². The predicted molar refractivity (Wildman–Crippen MR) is 53.5 cm³/mol. The van der Waals surface area contributed by atoms with E-state index < -0.39 is 12.0 Å². The molecule has 0 aromatic carbocycles. The summed E-state index contributed by atoms with van der Waals surface area (Å²) in [5, 5.41) is 18.4. The number of carboxylic acid groups (broad SMARTS) is 1. The van der Waals surface area contributed by atoms with E-state index in [0.29, 0.717) is 5.82 Å². The number of carbonyl (C=O) groups is 2. The van der Waals surface area contributed by atoms with Crippen LogP contribution in [-0.2, 0) is 18.4 Å². The number of aryl methyl sites for hydroxylation is 1. The average molecular weight is 227 g/mol. The second-order valence-corrected chi connectivity index (χ2v) is 3.27. The number of urea groups is 1. The molecule has 0 radical (unpaired) electrons. The first-order valence-corrected chi connectivity index (χ1v) is 4.54. The van der Waals surface area contributed by atoms with Crippen LogP contribution >= 0.6 is 0 Å². The van der Waals surface area contributed by atoms with Gasteiger partial charge in [-0.15, -0.1) is 10.2 Å². The molecule has 0 bridgehead atoms. The van der Waals surface area contributed by atoms with Gasteiger partial charge in [-0.25, -0.2) is 4.79 Å². The zero-order chi connectivity index (χ0) is 12.1. The Labute approximate surface area is 91.9 Å². The first-order valence-electron chi connectivity index (χ1n) is 4.54. The third-order valence-electron chi connectivity index (χ3n) is 1.92. The first-order chi connectivity index (χ1) is 7.50. The van der Waals surface area contributed by atoms with Crippen molar-refractivity contribution in [3.8, 4) is 0 Å². The van der Waals surface area contributed by atoms with E-state index in [1.165, 1.54) is 13.4 Å². The highest BCUT2D eigenvalue weighted by atomic mass is 16.4. The second kappa shape index (κ2) is 5.10. The van der Waals surface area contributed by atoms with Crippen molar-refractivity contribution in [1.29, 1.82) is 0 Å². The van der Waals surface area contributed by atoms with E-state index in [1.807, 2.05) is 0 Å². The van der Waals surface area contributed by atoms with Crippen LogP contribution in [0.2, 0.25) is 0 Å². The van der Waals surface area contributed by atoms with Crippen LogP contribution in [0.4, 0.5) is 4.79 Å². The lowest BCUT2D eigenvalue weighted by molar-refractivity contribution is -0.137. The SMILES string of the molecule is CN(CC(=O)O)C(=O)NCc1nncn1C. The van der Waals surface area contributed by atoms with Gasteiger partial charge in [-0.3, -0.25) is 4.79 Å². The highest BCUT2D eigenvalue weighted by molar-refractivity contribution is 5.79. The highest BCUT2D eigenvalue weighted by Crippen LogP contribution is 1.91. The number of likely N-dealkylation sites (N-methyl/N-ethyl adjacent to an activating group) is 1. The van der Waals surface area contributed by atoms with Crippen LogP contribution in [0.5, 0.6) is 0 Å². The molecule has 16 heavy (non-hydrogen) atoms. The Morgan fingerprint density at radius 2 is 2.31 bits per heavy atom. The Morgan fingerprint density at radius 3 is 2.81 bits per heavy atom. The molecule has 8 nitrogen and oxygen atoms in total. The molecule has 0 aliphatic heterocycles. The number of nitrogens with zero attached hydrogens (tertiary/aromatic N) is 4. The van der Waals surface area contributed by atoms with Gasteiger partial charge in [-0.1, -0.05) is 0 Å². The molecule has 0 aliphatic carbocycles. The minimum absolute atomic E-state index is 0.208. The van der Waals surface area contributed by atoms with Crippen molar-refractivity contribution >= 4 is 12.0 Å². The molecule has 0 saturated heterocycles. The quantitative estimate of drug-likeness (QED) is 0.690. The summed E-state index contributed by atoms with van der Waals surface area (Å²) in [4.78, 5) is 22.8. The van der Waals surface area contributed by atoms with E-state index in [2.05, 4.69) is 15.5 Å². The summed E-state index contributed by atoms with van der Waals surface area (Å²) < 4.78 is 1.66. The molecule has 1 heterocycles. The summed E-state index contributed by atoms with van der Waals surface area (Å²) in [6.45, 7) is -0.135. The van der Waals surface area contributed by atoms with E-state index in [-0.39, 0.29) is 13.1 Å². The Morgan fingerprint density at radius 1 is 1.62 bits per heavy atom. The zero-order valence-corrected chi connectivity index (χ0v) is 9.04. The fourth-order valence-electron chi connectivity index (χ4n) is 1.03. The number of amides is 2. The van der Waals surface area contributed by atoms with Gasteiger partial charge in [0.1, 0.15) is 12.9 Å². The molecule has 1 rings (SSSR count). The maximum Gasteiger partial charge on any atom is 0.323 e. The van der Waals surface area contributed by atoms with Gasteiger partial charge in [0, 0.05) is 14.1 Å². The highest BCUT2D eigenvalue weighted by Gasteiger charge is 2.12. The molecule has 0 spiro atoms. The van der Waals surface area contributed by atoms with Gasteiger partial charge in [-0.05, 0) is 0 Å². The van der Waals surface area contributed by atoms with Gasteiger partial charge in [0.05, 0.1) is 6.54 Å². The van der Waals surface area contributed by atoms with E-state index in [0.717, 1.165) is 4.90 Å². The van der Waals surface area contributed by atoms with Crippen LogP contribution in [0.25, 0.3) is 0 Å². The van der Waals surface area contributed by atoms with Gasteiger partial charge >= 0.3 is 12.0 Å². The number of rotatable bonds is 4. The molecule has 2 amide bonds. The van der Waals surface area contributed by atoms with Gasteiger partial charge in [0.25, 0.3) is 0 Å². The van der Waals surface area contributed by atoms with Crippen LogP contribution in [0.1, 0.15) is 5.82 Å². The number of carbonyl (C=O) groups excluding carboxylic acids is 1. The number of aliphatic carboxylic acids is 1. The standard InChI is InChI=1S/C8H13N5O3/c1-12(4-7(14)15)8(16)9-3-6-11-10-5-13(6)2/h5H,3-4H2,1-2H3,(H,9,16)(H,14,15). The van der Waals surface area contributed by atoms with Gasteiger partial charge in [0.15, 0.2) is 5.82 Å². The van der Waals surface area contributed by atoms with Crippen LogP contribution in [0.3, 0.4) is 0 Å². The first kappa shape index (κ1) is 12.0. The van der Waals surface area contributed by atoms with Crippen molar-refractivity contribution in [1.82, 2.24) is 25.0 Å². The molecule has 0 aliphatic rings. The van der Waals surface area contributed by atoms with Crippen molar-refractivity contribution in [3.05, 3.63) is 12.2 Å². The predicted octanol–water partition coefficient (Wildman–Crippen LogP) is -0.959. The lowest BCUT2D eigenvalue weighted by Crippen LogP contribution is -2.40. The van der Waals surface area contributed by atoms with Crippen molar-refractivity contribution in [2.24, 2.45) is 7.05 Å². The van der Waals surface area contributed by atoms with Crippen LogP contribution in [0.15, 0.2) is 6.33 Å². The van der Waals surface area contributed by atoms with Crippen molar-refractivity contribution in [2.45, 2.75) is 6.54 Å². The third kappa shape index (κ3) is 3.23. The fraction of sp³-hybridized carbons (Fsp3) is 0.500. The Kier molecular flexibility index (Phi) is 3.81. The number of carboxylic acids is 1. The topological polar surface area (TPSA) is 100 Å². The molecule has 0 saturated carbocycles. The average Bonchev–Trinajstić information content (AvgIpc) is 2.59. The molecular formula is C8H13N5O3. The Hall–Kier alpha value is -2.12. The summed E-state index contributed by atoms with van der Waals surface area (Å²) >= 11 is 0. The van der Waals surface area contributed by atoms with Gasteiger partial charge < -0.3 is 19.9 Å². The molecule has 1 aromatic heterocycles. The summed E-state index contributed by atoms with van der Waals surface area (Å²) in [6, 6.07) is -0.467. The molecule has 1 aromatic rings. The van der Waals surface area contributed by atoms with Crippen molar-refractivity contribution in [2.75, 3.05) is 13.6 Å². The number of hydrogen-bond acceptors (Lipinski definition) is 4. The van der Waals surface area contributed by atoms with E-state index >= 15 is 0 Å². The monoisotopic (exact) mass is 227 g/mol. The number of aromatic nitrogens is 3. The zero-order valence-electron chi connectivity index (χ0n) is 9.04. The van der Waals surface area contributed by atoms with E-state index in [9.17, 15) is 9.59 Å². The largest absolute Gasteiger partial charge is 0.480 e. The smallest absolute Gasteiger partial charge is 0.323 e. The van der Waals surface area contributed by atoms with Crippen LogP contribution in [0, 0.1) is 0 Å². The van der Waals surface area contributed by atoms with E-state index in [1.54, 1.807) is 11.6 Å². The summed E-state index contributed by atoms with van der Waals surface area (Å²) in [7, 11) is 3.16. The normalized spacial score (nSPS) is 9.88. The molecule has 2 N–H and O–H groups in total. The van der Waals surface area contributed by atoms with Crippen molar-refractivity contribution < 1.29 is 14.7 Å². The fourth-order valence-corrected chi connectivity index (χ4v) is 1.03. The second-order valence-electron chi connectivity index (χ2n) is 3.27. The maximum absolute atomic E-state index is 11.4. The molecule has 88 valence electrons. The van der Waals surface area contributed by atoms with Gasteiger partial charge in [-0.2, -0.15) is 0 Å². The molecular weight excluding hydrogens is 214 g/mol. The minimum atomic E-state index is -1.06. The molecule has 0 atom stereocenters. The Balaban J connectivity index is 2.41. The molecule has 0 fully saturated rings. The van der Waals surface area contributed by atoms with Gasteiger partial charge in [0.2, 0.25) is 0 Å². The summed E-state index contributed by atoms with van der Waals surface area (Å²) in [6.07, 6.45) is 1.52. The lowest BCUT2D eigenvalue weighted by Gasteiger charge is -2.14. The number of hydrogen-bond donors (Lipinski definition) is 2. The molecule has 8 heteroatoms. The van der Waals surface area contributed by atoms with Crippen LogP contribution < -0.4 is 5.32 Å².